The second-order valence-electron chi connectivity index (χ2n) is 10.3. The summed E-state index contributed by atoms with van der Waals surface area (Å²) < 4.78 is 46.3. The lowest BCUT2D eigenvalue weighted by Gasteiger charge is -2.41. The molecule has 1 saturated heterocycles. The summed E-state index contributed by atoms with van der Waals surface area (Å²) in [4.78, 5) is 40.5. The Morgan fingerprint density at radius 1 is 0.947 bits per heavy atom. The molecule has 0 spiro atoms. The van der Waals surface area contributed by atoms with E-state index in [0.717, 1.165) is 17.7 Å². The number of anilines is 1. The van der Waals surface area contributed by atoms with Gasteiger partial charge in [0, 0.05) is 18.8 Å². The largest absolute Gasteiger partial charge is 0.573 e. The van der Waals surface area contributed by atoms with E-state index in [9.17, 15) is 27.6 Å². The van der Waals surface area contributed by atoms with Crippen LogP contribution < -0.4 is 15.4 Å². The van der Waals surface area contributed by atoms with Gasteiger partial charge in [0.05, 0.1) is 6.42 Å². The summed E-state index contributed by atoms with van der Waals surface area (Å²) in [6.45, 7) is 7.45. The summed E-state index contributed by atoms with van der Waals surface area (Å²) >= 11 is 0. The van der Waals surface area contributed by atoms with Crippen LogP contribution in [0.5, 0.6) is 5.75 Å². The molecule has 206 valence electrons. The molecule has 3 rings (SSSR count). The third-order valence-electron chi connectivity index (χ3n) is 5.97. The highest BCUT2D eigenvalue weighted by atomic mass is 19.4. The Labute approximate surface area is 219 Å². The molecule has 0 unspecified atom stereocenters. The highest BCUT2D eigenvalue weighted by Gasteiger charge is 2.44. The molecule has 1 fully saturated rings. The number of halogens is 3. The number of nitrogens with zero attached hydrogens (tertiary/aromatic N) is 1. The number of alkyl halides is 3. The molecule has 0 bridgehead atoms. The summed E-state index contributed by atoms with van der Waals surface area (Å²) in [7, 11) is 0. The summed E-state index contributed by atoms with van der Waals surface area (Å²) in [6, 6.07) is 12.3. The first kappa shape index (κ1) is 28.8. The summed E-state index contributed by atoms with van der Waals surface area (Å²) in [5.74, 6) is -1.04. The van der Waals surface area contributed by atoms with Gasteiger partial charge in [-0.05, 0) is 70.4 Å². The van der Waals surface area contributed by atoms with Gasteiger partial charge >= 0.3 is 12.5 Å². The zero-order chi connectivity index (χ0) is 28.1. The van der Waals surface area contributed by atoms with Gasteiger partial charge in [0.2, 0.25) is 11.8 Å². The van der Waals surface area contributed by atoms with Crippen LogP contribution in [-0.2, 0) is 20.7 Å². The molecular formula is C27H32F3N3O5. The van der Waals surface area contributed by atoms with Crippen molar-refractivity contribution in [3.8, 4) is 5.75 Å². The summed E-state index contributed by atoms with van der Waals surface area (Å²) in [6.07, 6.45) is -5.27. The summed E-state index contributed by atoms with van der Waals surface area (Å²) in [5, 5.41) is 5.59. The van der Waals surface area contributed by atoms with Crippen molar-refractivity contribution in [2.75, 3.05) is 18.4 Å². The molecule has 38 heavy (non-hydrogen) atoms. The molecule has 0 atom stereocenters. The lowest BCUT2D eigenvalue weighted by Crippen LogP contribution is -2.62. The van der Waals surface area contributed by atoms with Crippen LogP contribution in [-0.4, -0.2) is 53.4 Å². The molecule has 1 aliphatic rings. The minimum absolute atomic E-state index is 0.0334. The van der Waals surface area contributed by atoms with Gasteiger partial charge in [-0.25, -0.2) is 4.79 Å². The lowest BCUT2D eigenvalue weighted by molar-refractivity contribution is -0.274. The number of likely N-dealkylation sites (tertiary alicyclic amines) is 1. The molecule has 2 N–H and O–H groups in total. The predicted octanol–water partition coefficient (Wildman–Crippen LogP) is 4.96. The lowest BCUT2D eigenvalue weighted by atomic mass is 9.86. The smallest absolute Gasteiger partial charge is 0.444 e. The fraction of sp³-hybridized carbons (Fsp3) is 0.444. The molecule has 0 aliphatic carbocycles. The first-order chi connectivity index (χ1) is 17.6. The van der Waals surface area contributed by atoms with Crippen LogP contribution >= 0.6 is 0 Å². The number of nitrogens with one attached hydrogen (secondary N) is 2. The fourth-order valence-electron chi connectivity index (χ4n) is 4.03. The van der Waals surface area contributed by atoms with Crippen molar-refractivity contribution in [3.05, 3.63) is 59.7 Å². The van der Waals surface area contributed by atoms with E-state index in [1.165, 1.54) is 12.1 Å². The number of benzene rings is 2. The van der Waals surface area contributed by atoms with Crippen LogP contribution in [0.2, 0.25) is 0 Å². The molecule has 8 nitrogen and oxygen atoms in total. The number of piperidine rings is 1. The van der Waals surface area contributed by atoms with Crippen LogP contribution in [0.1, 0.15) is 44.7 Å². The first-order valence-corrected chi connectivity index (χ1v) is 12.2. The Morgan fingerprint density at radius 3 is 2.05 bits per heavy atom. The van der Waals surface area contributed by atoms with Gasteiger partial charge in [0.15, 0.2) is 0 Å². The Hall–Kier alpha value is -3.76. The molecule has 1 aliphatic heterocycles. The quantitative estimate of drug-likeness (QED) is 0.545. The molecule has 0 saturated carbocycles. The van der Waals surface area contributed by atoms with E-state index in [4.69, 9.17) is 4.74 Å². The monoisotopic (exact) mass is 535 g/mol. The van der Waals surface area contributed by atoms with Gasteiger partial charge in [0.1, 0.15) is 16.9 Å². The number of hydrogen-bond donors (Lipinski definition) is 2. The van der Waals surface area contributed by atoms with Crippen LogP contribution in [0.4, 0.5) is 23.7 Å². The molecule has 0 radical (unpaired) electrons. The molecule has 3 amide bonds. The Morgan fingerprint density at radius 2 is 1.53 bits per heavy atom. The van der Waals surface area contributed by atoms with E-state index in [2.05, 4.69) is 15.4 Å². The van der Waals surface area contributed by atoms with Gasteiger partial charge in [-0.1, -0.05) is 29.8 Å². The number of amides is 3. The highest BCUT2D eigenvalue weighted by molar-refractivity contribution is 6.00. The van der Waals surface area contributed by atoms with Crippen molar-refractivity contribution in [1.82, 2.24) is 10.2 Å². The fourth-order valence-corrected chi connectivity index (χ4v) is 4.03. The maximum Gasteiger partial charge on any atom is 0.573 e. The minimum Gasteiger partial charge on any atom is -0.444 e. The second-order valence-corrected chi connectivity index (χ2v) is 10.3. The zero-order valence-electron chi connectivity index (χ0n) is 21.8. The number of hydrogen-bond acceptors (Lipinski definition) is 5. The van der Waals surface area contributed by atoms with Crippen molar-refractivity contribution in [2.45, 2.75) is 64.5 Å². The van der Waals surface area contributed by atoms with Crippen molar-refractivity contribution >= 4 is 23.6 Å². The van der Waals surface area contributed by atoms with Gasteiger partial charge < -0.3 is 25.0 Å². The van der Waals surface area contributed by atoms with E-state index in [1.807, 2.05) is 19.1 Å². The third kappa shape index (κ3) is 8.39. The topological polar surface area (TPSA) is 97.0 Å². The van der Waals surface area contributed by atoms with Crippen molar-refractivity contribution in [1.29, 1.82) is 0 Å². The van der Waals surface area contributed by atoms with E-state index < -0.39 is 29.5 Å². The molecule has 1 heterocycles. The first-order valence-electron chi connectivity index (χ1n) is 12.2. The highest BCUT2D eigenvalue weighted by Crippen LogP contribution is 2.27. The number of aryl methyl sites for hydroxylation is 1. The Kier molecular flexibility index (Phi) is 8.58. The van der Waals surface area contributed by atoms with Crippen molar-refractivity contribution in [2.24, 2.45) is 0 Å². The number of ether oxygens (including phenoxy) is 2. The number of carbonyl (C=O) groups excluding carboxylic acids is 3. The van der Waals surface area contributed by atoms with Gasteiger partial charge in [0.25, 0.3) is 0 Å². The maximum absolute atomic E-state index is 13.4. The molecule has 0 aromatic heterocycles. The standard InChI is InChI=1S/C27H32F3N3O5/c1-18-5-9-20(10-6-18)31-23(35)26(32-24(36)38-25(2,3)4)13-15-33(16-14-26)22(34)17-19-7-11-21(12-8-19)37-27(28,29)30/h5-12H,13-17H2,1-4H3,(H,31,35)(H,32,36). The molecular weight excluding hydrogens is 503 g/mol. The third-order valence-corrected chi connectivity index (χ3v) is 5.97. The average Bonchev–Trinajstić information content (AvgIpc) is 2.80. The molecule has 11 heteroatoms. The van der Waals surface area contributed by atoms with Gasteiger partial charge in [-0.2, -0.15) is 0 Å². The maximum atomic E-state index is 13.4. The van der Waals surface area contributed by atoms with Gasteiger partial charge in [-0.3, -0.25) is 9.59 Å². The van der Waals surface area contributed by atoms with Crippen molar-refractivity contribution < 1.29 is 37.0 Å². The zero-order valence-corrected chi connectivity index (χ0v) is 21.8. The Bertz CT molecular complexity index is 1130. The second kappa shape index (κ2) is 11.3. The minimum atomic E-state index is -4.79. The number of carbonyl (C=O) groups is 3. The van der Waals surface area contributed by atoms with E-state index in [-0.39, 0.29) is 44.0 Å². The molecule has 2 aromatic carbocycles. The number of rotatable bonds is 6. The van der Waals surface area contributed by atoms with E-state index >= 15 is 0 Å². The summed E-state index contributed by atoms with van der Waals surface area (Å²) in [5.41, 5.74) is 0.0445. The van der Waals surface area contributed by atoms with Crippen molar-refractivity contribution in [3.63, 3.8) is 0 Å². The van der Waals surface area contributed by atoms with Crippen LogP contribution in [0.25, 0.3) is 0 Å². The van der Waals surface area contributed by atoms with Crippen LogP contribution in [0.15, 0.2) is 48.5 Å². The van der Waals surface area contributed by atoms with Crippen LogP contribution in [0, 0.1) is 6.92 Å². The predicted molar refractivity (Wildman–Crippen MR) is 135 cm³/mol. The van der Waals surface area contributed by atoms with E-state index in [0.29, 0.717) is 11.3 Å². The van der Waals surface area contributed by atoms with Crippen LogP contribution in [0.3, 0.4) is 0 Å². The van der Waals surface area contributed by atoms with Gasteiger partial charge in [-0.15, -0.1) is 13.2 Å². The normalized spacial score (nSPS) is 15.4. The SMILES string of the molecule is Cc1ccc(NC(=O)C2(NC(=O)OC(C)(C)C)CCN(C(=O)Cc3ccc(OC(F)(F)F)cc3)CC2)cc1. The number of alkyl carbamates (subject to hydrolysis) is 1. The average molecular weight is 536 g/mol. The molecule has 2 aromatic rings. The van der Waals surface area contributed by atoms with E-state index in [1.54, 1.807) is 37.8 Å². The Balaban J connectivity index is 1.68.